The van der Waals surface area contributed by atoms with Crippen molar-refractivity contribution in [2.45, 2.75) is 24.7 Å². The first-order valence-corrected chi connectivity index (χ1v) is 12.0. The largest absolute Gasteiger partial charge is 0.495 e. The summed E-state index contributed by atoms with van der Waals surface area (Å²) >= 11 is 6.50. The minimum Gasteiger partial charge on any atom is -0.495 e. The van der Waals surface area contributed by atoms with Crippen molar-refractivity contribution in [3.8, 4) is 5.75 Å². The first-order chi connectivity index (χ1) is 17.3. The Hall–Kier alpha value is -3.40. The van der Waals surface area contributed by atoms with Gasteiger partial charge in [-0.1, -0.05) is 54.1 Å². The van der Waals surface area contributed by atoms with Crippen molar-refractivity contribution >= 4 is 29.0 Å². The van der Waals surface area contributed by atoms with Crippen LogP contribution in [0.3, 0.4) is 0 Å². The number of nitrogens with zero attached hydrogens (tertiary/aromatic N) is 4. The average Bonchev–Trinajstić information content (AvgIpc) is 3.23. The molecule has 2 aliphatic rings. The number of benzene rings is 2. The molecule has 11 heteroatoms. The third-order valence-corrected chi connectivity index (χ3v) is 7.05. The number of rotatable bonds is 4. The molecule has 3 heterocycles. The Morgan fingerprint density at radius 1 is 1.06 bits per heavy atom. The van der Waals surface area contributed by atoms with Gasteiger partial charge in [0, 0.05) is 32.6 Å². The van der Waals surface area contributed by atoms with Crippen molar-refractivity contribution in [1.82, 2.24) is 14.7 Å². The zero-order valence-corrected chi connectivity index (χ0v) is 20.3. The van der Waals surface area contributed by atoms with E-state index in [2.05, 4.69) is 15.3 Å². The van der Waals surface area contributed by atoms with Gasteiger partial charge in [-0.3, -0.25) is 4.79 Å². The van der Waals surface area contributed by atoms with Gasteiger partial charge in [0.15, 0.2) is 11.7 Å². The summed E-state index contributed by atoms with van der Waals surface area (Å²) in [5.41, 5.74) is 1.45. The van der Waals surface area contributed by atoms with Gasteiger partial charge in [-0.15, -0.1) is 0 Å². The third kappa shape index (κ3) is 4.45. The lowest BCUT2D eigenvalue weighted by atomic mass is 9.97. The van der Waals surface area contributed by atoms with Crippen molar-refractivity contribution in [3.63, 3.8) is 0 Å². The summed E-state index contributed by atoms with van der Waals surface area (Å²) < 4.78 is 48.3. The highest BCUT2D eigenvalue weighted by molar-refractivity contribution is 6.36. The number of piperazine rings is 1. The zero-order chi connectivity index (χ0) is 25.4. The third-order valence-electron chi connectivity index (χ3n) is 6.69. The number of ether oxygens (including phenoxy) is 1. The molecule has 36 heavy (non-hydrogen) atoms. The Labute approximate surface area is 211 Å². The Bertz CT molecular complexity index is 1240. The van der Waals surface area contributed by atoms with Gasteiger partial charge in [0.1, 0.15) is 16.6 Å². The number of aromatic nitrogens is 2. The average molecular weight is 520 g/mol. The molecule has 5 rings (SSSR count). The molecule has 1 saturated heterocycles. The Kier molecular flexibility index (Phi) is 6.46. The number of nitrogens with one attached hydrogen (secondary N) is 1. The number of alkyl halides is 3. The standard InChI is InChI=1S/C25H25ClF3N5O2/c1-36-19-10-6-5-9-18(19)32-11-13-33(14-12-32)24(35)22-21(26)23-30-17(16-7-3-2-4-8-16)15-20(25(27,28)29)34(23)31-22/h2-10,17,20,30H,11-15H2,1H3/t17-,20+/m1/s1. The van der Waals surface area contributed by atoms with Gasteiger partial charge in [0.25, 0.3) is 5.91 Å². The number of hydrogen-bond donors (Lipinski definition) is 1. The maximum atomic E-state index is 14.0. The van der Waals surface area contributed by atoms with Crippen LogP contribution in [0, 0.1) is 0 Å². The van der Waals surface area contributed by atoms with Gasteiger partial charge in [-0.25, -0.2) is 4.68 Å². The molecule has 7 nitrogen and oxygen atoms in total. The normalized spacial score (nSPS) is 20.0. The molecule has 0 radical (unpaired) electrons. The molecule has 1 aromatic heterocycles. The van der Waals surface area contributed by atoms with Crippen LogP contribution in [0.15, 0.2) is 54.6 Å². The van der Waals surface area contributed by atoms with Crippen molar-refractivity contribution < 1.29 is 22.7 Å². The minimum atomic E-state index is -4.56. The molecular formula is C25H25ClF3N5O2. The summed E-state index contributed by atoms with van der Waals surface area (Å²) in [7, 11) is 1.60. The number of halogens is 4. The van der Waals surface area contributed by atoms with Crippen molar-refractivity contribution in [1.29, 1.82) is 0 Å². The number of anilines is 2. The summed E-state index contributed by atoms with van der Waals surface area (Å²) in [5, 5.41) is 7.07. The Balaban J connectivity index is 1.38. The predicted octanol–water partition coefficient (Wildman–Crippen LogP) is 5.17. The second-order valence-corrected chi connectivity index (χ2v) is 9.19. The highest BCUT2D eigenvalue weighted by atomic mass is 35.5. The molecule has 0 saturated carbocycles. The van der Waals surface area contributed by atoms with Crippen molar-refractivity contribution in [2.75, 3.05) is 43.5 Å². The molecule has 1 amide bonds. The van der Waals surface area contributed by atoms with Crippen LogP contribution in [0.2, 0.25) is 5.02 Å². The summed E-state index contributed by atoms with van der Waals surface area (Å²) in [6.45, 7) is 1.82. The van der Waals surface area contributed by atoms with E-state index in [0.717, 1.165) is 16.1 Å². The van der Waals surface area contributed by atoms with Gasteiger partial charge in [0.05, 0.1) is 18.8 Å². The number of methoxy groups -OCH3 is 1. The number of amides is 1. The summed E-state index contributed by atoms with van der Waals surface area (Å²) in [5.74, 6) is 0.259. The van der Waals surface area contributed by atoms with Gasteiger partial charge in [0.2, 0.25) is 0 Å². The van der Waals surface area contributed by atoms with E-state index in [-0.39, 0.29) is 23.0 Å². The maximum Gasteiger partial charge on any atom is 0.410 e. The van der Waals surface area contributed by atoms with E-state index in [1.54, 1.807) is 42.3 Å². The fraction of sp³-hybridized carbons (Fsp3) is 0.360. The van der Waals surface area contributed by atoms with Crippen LogP contribution < -0.4 is 15.0 Å². The molecule has 2 aromatic carbocycles. The second-order valence-electron chi connectivity index (χ2n) is 8.81. The molecular weight excluding hydrogens is 495 g/mol. The lowest BCUT2D eigenvalue weighted by Gasteiger charge is -2.36. The highest BCUT2D eigenvalue weighted by Gasteiger charge is 2.48. The van der Waals surface area contributed by atoms with E-state index >= 15 is 0 Å². The zero-order valence-electron chi connectivity index (χ0n) is 19.5. The van der Waals surface area contributed by atoms with E-state index in [0.29, 0.717) is 31.7 Å². The maximum absolute atomic E-state index is 14.0. The molecule has 0 spiro atoms. The lowest BCUT2D eigenvalue weighted by Crippen LogP contribution is -2.49. The molecule has 0 unspecified atom stereocenters. The van der Waals surface area contributed by atoms with E-state index in [1.165, 1.54) is 0 Å². The van der Waals surface area contributed by atoms with Gasteiger partial charge >= 0.3 is 6.18 Å². The monoisotopic (exact) mass is 519 g/mol. The van der Waals surface area contributed by atoms with Crippen LogP contribution in [0.4, 0.5) is 24.7 Å². The number of fused-ring (bicyclic) bond motifs is 1. The van der Waals surface area contributed by atoms with Crippen LogP contribution in [-0.4, -0.2) is 60.1 Å². The van der Waals surface area contributed by atoms with Crippen LogP contribution >= 0.6 is 11.6 Å². The summed E-state index contributed by atoms with van der Waals surface area (Å²) in [6, 6.07) is 14.0. The number of carbonyl (C=O) groups excluding carboxylic acids is 1. The first kappa shape index (κ1) is 24.3. The van der Waals surface area contributed by atoms with E-state index in [9.17, 15) is 18.0 Å². The van der Waals surface area contributed by atoms with Crippen molar-refractivity contribution in [3.05, 3.63) is 70.9 Å². The van der Waals surface area contributed by atoms with Crippen LogP contribution in [0.25, 0.3) is 0 Å². The molecule has 1 N–H and O–H groups in total. The van der Waals surface area contributed by atoms with E-state index in [4.69, 9.17) is 16.3 Å². The van der Waals surface area contributed by atoms with E-state index in [1.807, 2.05) is 24.3 Å². The van der Waals surface area contributed by atoms with Gasteiger partial charge in [-0.05, 0) is 17.7 Å². The fourth-order valence-corrected chi connectivity index (χ4v) is 5.08. The van der Waals surface area contributed by atoms with Crippen LogP contribution in [0.1, 0.15) is 34.6 Å². The quantitative estimate of drug-likeness (QED) is 0.515. The molecule has 0 aliphatic carbocycles. The smallest absolute Gasteiger partial charge is 0.410 e. The minimum absolute atomic E-state index is 0.00935. The number of para-hydroxylation sites is 2. The SMILES string of the molecule is COc1ccccc1N1CCN(C(=O)c2nn3c(c2Cl)N[C@@H](c2ccccc2)C[C@H]3C(F)(F)F)CC1. The topological polar surface area (TPSA) is 62.6 Å². The highest BCUT2D eigenvalue weighted by Crippen LogP contribution is 2.46. The second kappa shape index (κ2) is 9.57. The van der Waals surface area contributed by atoms with Crippen molar-refractivity contribution in [2.24, 2.45) is 0 Å². The molecule has 2 aliphatic heterocycles. The van der Waals surface area contributed by atoms with E-state index < -0.39 is 24.2 Å². The molecule has 3 aromatic rings. The Morgan fingerprint density at radius 2 is 1.72 bits per heavy atom. The summed E-state index contributed by atoms with van der Waals surface area (Å²) in [6.07, 6.45) is -4.82. The Morgan fingerprint density at radius 3 is 2.39 bits per heavy atom. The number of carbonyl (C=O) groups is 1. The molecule has 190 valence electrons. The summed E-state index contributed by atoms with van der Waals surface area (Å²) in [4.78, 5) is 17.0. The first-order valence-electron chi connectivity index (χ1n) is 11.6. The fourth-order valence-electron chi connectivity index (χ4n) is 4.82. The van der Waals surface area contributed by atoms with Gasteiger partial charge < -0.3 is 19.9 Å². The number of hydrogen-bond acceptors (Lipinski definition) is 5. The predicted molar refractivity (Wildman–Crippen MR) is 131 cm³/mol. The van der Waals surface area contributed by atoms with Crippen LogP contribution in [0.5, 0.6) is 5.75 Å². The lowest BCUT2D eigenvalue weighted by molar-refractivity contribution is -0.173. The van der Waals surface area contributed by atoms with Gasteiger partial charge in [-0.2, -0.15) is 18.3 Å². The molecule has 1 fully saturated rings. The molecule has 2 atom stereocenters. The van der Waals surface area contributed by atoms with Crippen LogP contribution in [-0.2, 0) is 0 Å². The molecule has 0 bridgehead atoms.